The summed E-state index contributed by atoms with van der Waals surface area (Å²) in [4.78, 5) is 23.0. The van der Waals surface area contributed by atoms with Crippen molar-refractivity contribution in [3.8, 4) is 0 Å². The summed E-state index contributed by atoms with van der Waals surface area (Å²) < 4.78 is 1.89. The molecule has 0 bridgehead atoms. The normalized spacial score (nSPS) is 17.2. The van der Waals surface area contributed by atoms with Crippen LogP contribution in [0, 0.1) is 0 Å². The van der Waals surface area contributed by atoms with E-state index in [1.54, 1.807) is 12.4 Å². The molecule has 10 nitrogen and oxygen atoms in total. The van der Waals surface area contributed by atoms with Crippen LogP contribution in [0.15, 0.2) is 31.2 Å². The van der Waals surface area contributed by atoms with Crippen molar-refractivity contribution in [2.45, 2.75) is 45.2 Å². The van der Waals surface area contributed by atoms with Gasteiger partial charge in [-0.15, -0.1) is 0 Å². The molecule has 1 saturated heterocycles. The number of anilines is 3. The minimum atomic E-state index is -0.115. The highest BCUT2D eigenvalue weighted by Gasteiger charge is 2.23. The molecular formula is C20H27N9O. The Morgan fingerprint density at radius 2 is 2.17 bits per heavy atom. The summed E-state index contributed by atoms with van der Waals surface area (Å²) in [5.74, 6) is 1.07. The van der Waals surface area contributed by atoms with Gasteiger partial charge in [0.05, 0.1) is 29.0 Å². The SMILES string of the molecule is C=CC(=O)N1CCC[C@H](Nc2nc(Nc3cnn(C(C)(C)C)c3)nc3[nH]ncc23)C1. The molecule has 0 spiro atoms. The number of fused-ring (bicyclic) bond motifs is 1. The second kappa shape index (κ2) is 7.77. The van der Waals surface area contributed by atoms with Crippen molar-refractivity contribution in [1.29, 1.82) is 0 Å². The van der Waals surface area contributed by atoms with E-state index in [2.05, 4.69) is 63.2 Å². The second-order valence-electron chi connectivity index (χ2n) is 8.47. The molecule has 4 rings (SSSR count). The summed E-state index contributed by atoms with van der Waals surface area (Å²) in [5.41, 5.74) is 1.32. The Balaban J connectivity index is 1.56. The Morgan fingerprint density at radius 3 is 2.90 bits per heavy atom. The molecule has 0 radical (unpaired) electrons. The molecule has 3 aromatic heterocycles. The fraction of sp³-hybridized carbons (Fsp3) is 0.450. The molecule has 3 N–H and O–H groups in total. The fourth-order valence-corrected chi connectivity index (χ4v) is 3.50. The quantitative estimate of drug-likeness (QED) is 0.555. The van der Waals surface area contributed by atoms with Crippen molar-refractivity contribution in [2.75, 3.05) is 23.7 Å². The number of nitrogens with zero attached hydrogens (tertiary/aromatic N) is 6. The lowest BCUT2D eigenvalue weighted by atomic mass is 10.1. The van der Waals surface area contributed by atoms with Crippen molar-refractivity contribution < 1.29 is 4.79 Å². The fourth-order valence-electron chi connectivity index (χ4n) is 3.50. The summed E-state index contributed by atoms with van der Waals surface area (Å²) in [6, 6.07) is 0.0899. The number of nitrogens with one attached hydrogen (secondary N) is 3. The van der Waals surface area contributed by atoms with Crippen LogP contribution in [0.25, 0.3) is 11.0 Å². The summed E-state index contributed by atoms with van der Waals surface area (Å²) in [6.07, 6.45) is 8.61. The van der Waals surface area contributed by atoms with Crippen LogP contribution in [-0.2, 0) is 10.3 Å². The maximum absolute atomic E-state index is 12.0. The number of H-pyrrole nitrogens is 1. The molecule has 158 valence electrons. The predicted octanol–water partition coefficient (Wildman–Crippen LogP) is 2.64. The smallest absolute Gasteiger partial charge is 0.246 e. The molecule has 1 aliphatic rings. The molecule has 10 heteroatoms. The Hall–Kier alpha value is -3.43. The van der Waals surface area contributed by atoms with Crippen LogP contribution in [0.3, 0.4) is 0 Å². The Bertz CT molecular complexity index is 1060. The number of amides is 1. The van der Waals surface area contributed by atoms with Crippen LogP contribution in [-0.4, -0.2) is 59.9 Å². The molecule has 0 unspecified atom stereocenters. The highest BCUT2D eigenvalue weighted by Crippen LogP contribution is 2.25. The first kappa shape index (κ1) is 19.9. The second-order valence-corrected chi connectivity index (χ2v) is 8.47. The Morgan fingerprint density at radius 1 is 1.33 bits per heavy atom. The number of piperidine rings is 1. The van der Waals surface area contributed by atoms with Gasteiger partial charge in [-0.05, 0) is 39.7 Å². The molecule has 0 saturated carbocycles. The topological polar surface area (TPSA) is 117 Å². The molecule has 0 aliphatic carbocycles. The van der Waals surface area contributed by atoms with Crippen LogP contribution in [0.5, 0.6) is 0 Å². The number of likely N-dealkylation sites (tertiary alicyclic amines) is 1. The van der Waals surface area contributed by atoms with Crippen LogP contribution in [0.1, 0.15) is 33.6 Å². The maximum Gasteiger partial charge on any atom is 0.246 e. The van der Waals surface area contributed by atoms with Gasteiger partial charge in [-0.25, -0.2) is 0 Å². The van der Waals surface area contributed by atoms with E-state index in [0.717, 1.165) is 30.5 Å². The lowest BCUT2D eigenvalue weighted by Gasteiger charge is -2.32. The third-order valence-corrected chi connectivity index (χ3v) is 5.08. The number of carbonyl (C=O) groups excluding carboxylic acids is 1. The zero-order valence-corrected chi connectivity index (χ0v) is 17.5. The van der Waals surface area contributed by atoms with Gasteiger partial charge in [0.1, 0.15) is 5.82 Å². The average Bonchev–Trinajstić information content (AvgIpc) is 3.37. The van der Waals surface area contributed by atoms with Crippen molar-refractivity contribution >= 4 is 34.4 Å². The highest BCUT2D eigenvalue weighted by atomic mass is 16.2. The molecule has 4 heterocycles. The Labute approximate surface area is 174 Å². The predicted molar refractivity (Wildman–Crippen MR) is 116 cm³/mol. The zero-order valence-electron chi connectivity index (χ0n) is 17.5. The average molecular weight is 409 g/mol. The molecule has 1 atom stereocenters. The third kappa shape index (κ3) is 4.12. The Kier molecular flexibility index (Phi) is 5.15. The molecule has 1 amide bonds. The van der Waals surface area contributed by atoms with E-state index < -0.39 is 0 Å². The van der Waals surface area contributed by atoms with Crippen molar-refractivity contribution in [1.82, 2.24) is 34.8 Å². The van der Waals surface area contributed by atoms with Gasteiger partial charge in [0.2, 0.25) is 11.9 Å². The number of hydrogen-bond donors (Lipinski definition) is 3. The van der Waals surface area contributed by atoms with Crippen LogP contribution in [0.2, 0.25) is 0 Å². The van der Waals surface area contributed by atoms with E-state index in [-0.39, 0.29) is 17.5 Å². The van der Waals surface area contributed by atoms with Gasteiger partial charge in [0.25, 0.3) is 0 Å². The number of rotatable bonds is 5. The van der Waals surface area contributed by atoms with E-state index in [4.69, 9.17) is 0 Å². The maximum atomic E-state index is 12.0. The molecule has 1 fully saturated rings. The third-order valence-electron chi connectivity index (χ3n) is 5.08. The number of aromatic nitrogens is 6. The number of hydrogen-bond acceptors (Lipinski definition) is 7. The van der Waals surface area contributed by atoms with Gasteiger partial charge in [-0.2, -0.15) is 20.2 Å². The van der Waals surface area contributed by atoms with Crippen LogP contribution in [0.4, 0.5) is 17.5 Å². The van der Waals surface area contributed by atoms with Gasteiger partial charge >= 0.3 is 0 Å². The number of aromatic amines is 1. The molecule has 1 aliphatic heterocycles. The molecular weight excluding hydrogens is 382 g/mol. The summed E-state index contributed by atoms with van der Waals surface area (Å²) in [6.45, 7) is 11.2. The van der Waals surface area contributed by atoms with Crippen molar-refractivity contribution in [3.63, 3.8) is 0 Å². The first-order valence-corrected chi connectivity index (χ1v) is 10.0. The van der Waals surface area contributed by atoms with Crippen LogP contribution >= 0.6 is 0 Å². The lowest BCUT2D eigenvalue weighted by molar-refractivity contribution is -0.127. The van der Waals surface area contributed by atoms with Crippen molar-refractivity contribution in [2.24, 2.45) is 0 Å². The van der Waals surface area contributed by atoms with Gasteiger partial charge in [-0.1, -0.05) is 6.58 Å². The van der Waals surface area contributed by atoms with Gasteiger partial charge in [0.15, 0.2) is 5.65 Å². The van der Waals surface area contributed by atoms with Gasteiger partial charge in [-0.3, -0.25) is 14.6 Å². The molecule has 30 heavy (non-hydrogen) atoms. The number of carbonyl (C=O) groups is 1. The standard InChI is InChI=1S/C20H27N9O/c1-5-16(30)28-8-6-7-13(11-28)23-17-15-10-21-27-18(15)26-19(25-17)24-14-9-22-29(12-14)20(2,3)4/h5,9-10,12-13H,1,6-8,11H2,2-4H3,(H3,21,23,24,25,26,27)/t13-/m0/s1. The molecule has 3 aromatic rings. The lowest BCUT2D eigenvalue weighted by Crippen LogP contribution is -2.44. The first-order valence-electron chi connectivity index (χ1n) is 10.0. The minimum absolute atomic E-state index is 0.0455. The van der Waals surface area contributed by atoms with E-state index in [1.165, 1.54) is 6.08 Å². The van der Waals surface area contributed by atoms with E-state index >= 15 is 0 Å². The summed E-state index contributed by atoms with van der Waals surface area (Å²) in [7, 11) is 0. The zero-order chi connectivity index (χ0) is 21.3. The largest absolute Gasteiger partial charge is 0.365 e. The summed E-state index contributed by atoms with van der Waals surface area (Å²) in [5, 5.41) is 18.9. The van der Waals surface area contributed by atoms with E-state index in [9.17, 15) is 4.79 Å². The minimum Gasteiger partial charge on any atom is -0.365 e. The monoisotopic (exact) mass is 409 g/mol. The van der Waals surface area contributed by atoms with Crippen molar-refractivity contribution in [3.05, 3.63) is 31.2 Å². The van der Waals surface area contributed by atoms with Crippen LogP contribution < -0.4 is 10.6 Å². The summed E-state index contributed by atoms with van der Waals surface area (Å²) >= 11 is 0. The van der Waals surface area contributed by atoms with E-state index in [1.807, 2.05) is 15.8 Å². The van der Waals surface area contributed by atoms with E-state index in [0.29, 0.717) is 24.0 Å². The van der Waals surface area contributed by atoms with Gasteiger partial charge < -0.3 is 15.5 Å². The molecule has 0 aromatic carbocycles. The highest BCUT2D eigenvalue weighted by molar-refractivity contribution is 5.88. The first-order chi connectivity index (χ1) is 14.3. The van der Waals surface area contributed by atoms with Gasteiger partial charge in [0, 0.05) is 25.3 Å².